The second-order valence-electron chi connectivity index (χ2n) is 25.5. The molecule has 0 saturated carbocycles. The molecule has 0 aliphatic carbocycles. The molecule has 1 unspecified atom stereocenters. The Morgan fingerprint density at radius 2 is 0.506 bits per heavy atom. The first-order valence-electron chi connectivity index (χ1n) is 37.4. The molecule has 2 rings (SSSR count). The molecule has 1 amide bonds. The number of ether oxygens (including phenoxy) is 7. The smallest absolute Gasteiger partial charge is 0.338 e. The summed E-state index contributed by atoms with van der Waals surface area (Å²) in [5.41, 5.74) is 0.757. The van der Waals surface area contributed by atoms with Crippen molar-refractivity contribution >= 4 is 11.9 Å². The van der Waals surface area contributed by atoms with Crippen LogP contribution in [-0.2, 0) is 4.74 Å². The van der Waals surface area contributed by atoms with E-state index in [1.54, 1.807) is 12.1 Å². The second kappa shape index (κ2) is 58.5. The van der Waals surface area contributed by atoms with Crippen molar-refractivity contribution in [2.75, 3.05) is 46.2 Å². The molecule has 0 aromatic heterocycles. The third kappa shape index (κ3) is 42.7. The summed E-state index contributed by atoms with van der Waals surface area (Å²) < 4.78 is 45.6. The molecule has 1 N–H and O–H groups in total. The van der Waals surface area contributed by atoms with Crippen LogP contribution < -0.4 is 33.7 Å². The van der Waals surface area contributed by atoms with Crippen molar-refractivity contribution in [2.24, 2.45) is 0 Å². The highest BCUT2D eigenvalue weighted by molar-refractivity contribution is 5.96. The van der Waals surface area contributed by atoms with Crippen LogP contribution in [0.3, 0.4) is 0 Å². The van der Waals surface area contributed by atoms with Gasteiger partial charge in [0, 0.05) is 5.56 Å². The number of unbranched alkanes of at least 4 members (excludes halogenated alkanes) is 42. The molecular formula is C77H137NO9. The standard InChI is InChI=1S/C77H137NO9/c1-8-14-20-26-32-38-44-50-56-81-70-62-68(63-71(82-57-51-45-39-33-27-21-15-9-2)74(70)85-60-54-48-42-36-30-24-18-12-5)76(79)78-66-67(7)87-77(80)69-64-72(83-58-52-46-40-34-28-22-16-10-3)75(86-61-55-49-43-37-31-25-19-13-6)73(65-69)84-59-53-47-41-35-29-23-17-11-4/h62-65,67H,8-61,66H2,1-7H3,(H,78,79). The lowest BCUT2D eigenvalue weighted by Gasteiger charge is -2.20. The van der Waals surface area contributed by atoms with Gasteiger partial charge in [-0.15, -0.1) is 0 Å². The van der Waals surface area contributed by atoms with Crippen molar-refractivity contribution in [1.82, 2.24) is 5.32 Å². The number of amides is 1. The summed E-state index contributed by atoms with van der Waals surface area (Å²) in [7, 11) is 0. The molecule has 0 aliphatic rings. The van der Waals surface area contributed by atoms with Crippen LogP contribution in [0.25, 0.3) is 0 Å². The maximum absolute atomic E-state index is 14.3. The van der Waals surface area contributed by atoms with E-state index >= 15 is 0 Å². The summed E-state index contributed by atoms with van der Waals surface area (Å²) in [5, 5.41) is 3.09. The van der Waals surface area contributed by atoms with Crippen LogP contribution in [0.4, 0.5) is 0 Å². The summed E-state index contributed by atoms with van der Waals surface area (Å²) in [5.74, 6) is 2.47. The monoisotopic (exact) mass is 1220 g/mol. The number of carbonyl (C=O) groups is 2. The first-order valence-corrected chi connectivity index (χ1v) is 37.4. The molecule has 2 aromatic carbocycles. The van der Waals surface area contributed by atoms with Gasteiger partial charge < -0.3 is 38.5 Å². The third-order valence-corrected chi connectivity index (χ3v) is 16.9. The number of carbonyl (C=O) groups excluding carboxylic acids is 2. The van der Waals surface area contributed by atoms with Crippen molar-refractivity contribution in [3.8, 4) is 34.5 Å². The van der Waals surface area contributed by atoms with Gasteiger partial charge in [0.1, 0.15) is 6.10 Å². The zero-order chi connectivity index (χ0) is 62.7. The molecule has 504 valence electrons. The first-order chi connectivity index (χ1) is 42.8. The minimum absolute atomic E-state index is 0.105. The van der Waals surface area contributed by atoms with Crippen LogP contribution in [0.1, 0.15) is 377 Å². The summed E-state index contributed by atoms with van der Waals surface area (Å²) in [6.45, 7) is 18.7. The van der Waals surface area contributed by atoms with Crippen molar-refractivity contribution in [1.29, 1.82) is 0 Å². The first kappa shape index (κ1) is 79.3. The Morgan fingerprint density at radius 1 is 0.299 bits per heavy atom. The average molecular weight is 1220 g/mol. The number of nitrogens with one attached hydrogen (secondary N) is 1. The third-order valence-electron chi connectivity index (χ3n) is 16.9. The van der Waals surface area contributed by atoms with E-state index in [0.29, 0.717) is 85.3 Å². The van der Waals surface area contributed by atoms with Gasteiger partial charge in [0.15, 0.2) is 23.0 Å². The van der Waals surface area contributed by atoms with Crippen LogP contribution in [0.5, 0.6) is 34.5 Å². The van der Waals surface area contributed by atoms with Crippen molar-refractivity contribution in [2.45, 2.75) is 363 Å². The summed E-state index contributed by atoms with van der Waals surface area (Å²) in [6, 6.07) is 7.16. The Kier molecular flexibility index (Phi) is 53.3. The van der Waals surface area contributed by atoms with Gasteiger partial charge >= 0.3 is 5.97 Å². The molecule has 1 atom stereocenters. The zero-order valence-corrected chi connectivity index (χ0v) is 58.0. The number of rotatable bonds is 65. The van der Waals surface area contributed by atoms with Gasteiger partial charge in [0.25, 0.3) is 5.91 Å². The van der Waals surface area contributed by atoms with Crippen LogP contribution in [-0.4, -0.2) is 64.2 Å². The molecule has 0 bridgehead atoms. The molecule has 0 saturated heterocycles. The molecule has 2 aromatic rings. The summed E-state index contributed by atoms with van der Waals surface area (Å²) >= 11 is 0. The van der Waals surface area contributed by atoms with Crippen molar-refractivity contribution in [3.05, 3.63) is 35.4 Å². The molecule has 0 radical (unpaired) electrons. The van der Waals surface area contributed by atoms with Gasteiger partial charge in [-0.25, -0.2) is 4.79 Å². The minimum Gasteiger partial charge on any atom is -0.490 e. The van der Waals surface area contributed by atoms with E-state index in [4.69, 9.17) is 33.2 Å². The number of esters is 1. The van der Waals surface area contributed by atoms with E-state index in [9.17, 15) is 9.59 Å². The van der Waals surface area contributed by atoms with Crippen molar-refractivity contribution < 1.29 is 42.7 Å². The lowest BCUT2D eigenvalue weighted by Crippen LogP contribution is -2.33. The number of benzene rings is 2. The molecule has 10 heteroatoms. The lowest BCUT2D eigenvalue weighted by atomic mass is 10.1. The maximum atomic E-state index is 14.3. The van der Waals surface area contributed by atoms with E-state index in [-0.39, 0.29) is 12.5 Å². The van der Waals surface area contributed by atoms with Gasteiger partial charge in [-0.1, -0.05) is 311 Å². The largest absolute Gasteiger partial charge is 0.490 e. The fourth-order valence-corrected chi connectivity index (χ4v) is 11.2. The fraction of sp³-hybridized carbons (Fsp3) is 0.818. The van der Waals surface area contributed by atoms with Gasteiger partial charge in [-0.2, -0.15) is 0 Å². The van der Waals surface area contributed by atoms with Crippen LogP contribution in [0.2, 0.25) is 0 Å². The molecule has 87 heavy (non-hydrogen) atoms. The second-order valence-corrected chi connectivity index (χ2v) is 25.5. The number of hydrogen-bond acceptors (Lipinski definition) is 9. The Bertz CT molecular complexity index is 1800. The Morgan fingerprint density at radius 3 is 0.747 bits per heavy atom. The highest BCUT2D eigenvalue weighted by atomic mass is 16.6. The SMILES string of the molecule is CCCCCCCCCCOc1cc(C(=O)NCC(C)OC(=O)c2cc(OCCCCCCCCCC)c(OCCCCCCCCCC)c(OCCCCCCCCCC)c2)cc(OCCCCCCCCCC)c1OCCCCCCCCCC. The van der Waals surface area contributed by atoms with E-state index in [2.05, 4.69) is 46.9 Å². The van der Waals surface area contributed by atoms with Gasteiger partial charge in [-0.05, 0) is 69.7 Å². The molecular weight excluding hydrogens is 1080 g/mol. The molecule has 0 heterocycles. The Hall–Kier alpha value is -3.82. The van der Waals surface area contributed by atoms with Gasteiger partial charge in [-0.3, -0.25) is 4.79 Å². The van der Waals surface area contributed by atoms with Crippen LogP contribution >= 0.6 is 0 Å². The van der Waals surface area contributed by atoms with E-state index in [0.717, 1.165) is 77.0 Å². The summed E-state index contributed by atoms with van der Waals surface area (Å²) in [4.78, 5) is 28.6. The Labute approximate surface area is 536 Å². The topological polar surface area (TPSA) is 111 Å². The highest BCUT2D eigenvalue weighted by Crippen LogP contribution is 2.41. The van der Waals surface area contributed by atoms with E-state index in [1.165, 1.54) is 231 Å². The fourth-order valence-electron chi connectivity index (χ4n) is 11.2. The average Bonchev–Trinajstić information content (AvgIpc) is 2.47. The van der Waals surface area contributed by atoms with E-state index < -0.39 is 12.1 Å². The van der Waals surface area contributed by atoms with Crippen molar-refractivity contribution in [3.63, 3.8) is 0 Å². The quantitative estimate of drug-likeness (QED) is 0.0511. The van der Waals surface area contributed by atoms with Crippen LogP contribution in [0, 0.1) is 0 Å². The zero-order valence-electron chi connectivity index (χ0n) is 58.0. The predicted molar refractivity (Wildman–Crippen MR) is 369 cm³/mol. The van der Waals surface area contributed by atoms with Gasteiger partial charge in [0.05, 0.1) is 51.7 Å². The molecule has 0 spiro atoms. The molecule has 0 fully saturated rings. The van der Waals surface area contributed by atoms with Crippen LogP contribution in [0.15, 0.2) is 24.3 Å². The summed E-state index contributed by atoms with van der Waals surface area (Å²) in [6.07, 6.45) is 57.1. The molecule has 0 aliphatic heterocycles. The minimum atomic E-state index is -0.646. The normalized spacial score (nSPS) is 11.7. The highest BCUT2D eigenvalue weighted by Gasteiger charge is 2.24. The molecule has 10 nitrogen and oxygen atoms in total. The van der Waals surface area contributed by atoms with E-state index in [1.807, 2.05) is 19.1 Å². The number of hydrogen-bond donors (Lipinski definition) is 1. The Balaban J connectivity index is 2.38. The lowest BCUT2D eigenvalue weighted by molar-refractivity contribution is 0.0336. The predicted octanol–water partition coefficient (Wildman–Crippen LogP) is 23.8. The maximum Gasteiger partial charge on any atom is 0.338 e. The van der Waals surface area contributed by atoms with Gasteiger partial charge in [0.2, 0.25) is 11.5 Å².